The molecule has 4 nitrogen and oxygen atoms in total. The number of phenols is 1. The highest BCUT2D eigenvalue weighted by atomic mass is 79.9. The van der Waals surface area contributed by atoms with Crippen LogP contribution in [0.4, 0.5) is 0 Å². The van der Waals surface area contributed by atoms with Gasteiger partial charge in [0.05, 0.1) is 22.5 Å². The van der Waals surface area contributed by atoms with E-state index < -0.39 is 0 Å². The molecule has 4 aromatic rings. The summed E-state index contributed by atoms with van der Waals surface area (Å²) in [6, 6.07) is 27.3. The van der Waals surface area contributed by atoms with E-state index in [1.807, 2.05) is 54.6 Å². The van der Waals surface area contributed by atoms with Crippen molar-refractivity contribution in [3.8, 4) is 5.75 Å². The second-order valence-corrected chi connectivity index (χ2v) is 8.40. The fraction of sp³-hybridized carbons (Fsp3) is 0.0417. The molecular weight excluding hydrogens is 458 g/mol. The van der Waals surface area contributed by atoms with Crippen LogP contribution in [0, 0.1) is 0 Å². The van der Waals surface area contributed by atoms with Crippen molar-refractivity contribution in [1.29, 1.82) is 0 Å². The lowest BCUT2D eigenvalue weighted by Gasteiger charge is -2.06. The number of benzene rings is 3. The van der Waals surface area contributed by atoms with E-state index in [9.17, 15) is 5.11 Å². The minimum absolute atomic E-state index is 0.160. The highest BCUT2D eigenvalue weighted by molar-refractivity contribution is 9.10. The van der Waals surface area contributed by atoms with Crippen molar-refractivity contribution in [2.24, 2.45) is 10.2 Å². The molecule has 6 heteroatoms. The van der Waals surface area contributed by atoms with Crippen LogP contribution in [0.3, 0.4) is 0 Å². The Morgan fingerprint density at radius 2 is 1.77 bits per heavy atom. The Hall–Kier alpha value is -2.96. The lowest BCUT2D eigenvalue weighted by Crippen LogP contribution is -2.04. The normalized spacial score (nSPS) is 12.0. The maximum absolute atomic E-state index is 9.98. The van der Waals surface area contributed by atoms with Crippen LogP contribution in [0.15, 0.2) is 105 Å². The first-order valence-corrected chi connectivity index (χ1v) is 11.1. The number of thioether (sulfide) groups is 1. The summed E-state index contributed by atoms with van der Waals surface area (Å²) in [5, 5.41) is 20.7. The number of aromatic nitrogens is 1. The molecule has 0 spiro atoms. The van der Waals surface area contributed by atoms with Crippen LogP contribution < -0.4 is 0 Å². The van der Waals surface area contributed by atoms with E-state index in [0.717, 1.165) is 31.7 Å². The molecule has 0 atom stereocenters. The van der Waals surface area contributed by atoms with E-state index in [4.69, 9.17) is 4.98 Å². The van der Waals surface area contributed by atoms with E-state index in [2.05, 4.69) is 38.3 Å². The lowest BCUT2D eigenvalue weighted by atomic mass is 10.1. The van der Waals surface area contributed by atoms with Crippen LogP contribution in [0.25, 0.3) is 10.9 Å². The molecule has 30 heavy (non-hydrogen) atoms. The summed E-state index contributed by atoms with van der Waals surface area (Å²) in [6.07, 6.45) is 1.56. The fourth-order valence-electron chi connectivity index (χ4n) is 2.86. The summed E-state index contributed by atoms with van der Waals surface area (Å²) in [5.74, 6) is 0.783. The number of halogens is 1. The third-order valence-corrected chi connectivity index (χ3v) is 5.84. The van der Waals surface area contributed by atoms with Gasteiger partial charge in [-0.05, 0) is 35.9 Å². The zero-order valence-corrected chi connectivity index (χ0v) is 18.3. The number of hydrogen-bond donors (Lipinski definition) is 1. The average Bonchev–Trinajstić information content (AvgIpc) is 2.78. The maximum atomic E-state index is 9.98. The molecule has 0 aliphatic heterocycles. The number of hydrogen-bond acceptors (Lipinski definition) is 5. The number of pyridine rings is 1. The molecule has 0 fully saturated rings. The Labute approximate surface area is 187 Å². The summed E-state index contributed by atoms with van der Waals surface area (Å²) in [6.45, 7) is 0. The monoisotopic (exact) mass is 475 g/mol. The first-order chi connectivity index (χ1) is 14.7. The van der Waals surface area contributed by atoms with Crippen LogP contribution in [0.1, 0.15) is 11.1 Å². The third-order valence-electron chi connectivity index (χ3n) is 4.40. The van der Waals surface area contributed by atoms with Crippen LogP contribution in [0.2, 0.25) is 0 Å². The molecule has 0 saturated carbocycles. The van der Waals surface area contributed by atoms with Gasteiger partial charge in [0.15, 0.2) is 0 Å². The van der Waals surface area contributed by atoms with Gasteiger partial charge in [-0.1, -0.05) is 82.3 Å². The quantitative estimate of drug-likeness (QED) is 0.201. The Morgan fingerprint density at radius 3 is 2.63 bits per heavy atom. The van der Waals surface area contributed by atoms with E-state index in [-0.39, 0.29) is 5.75 Å². The van der Waals surface area contributed by atoms with Gasteiger partial charge in [0.25, 0.3) is 0 Å². The van der Waals surface area contributed by atoms with E-state index >= 15 is 0 Å². The number of fused-ring (bicyclic) bond motifs is 1. The van der Waals surface area contributed by atoms with Crippen molar-refractivity contribution in [2.75, 3.05) is 5.75 Å². The molecule has 1 aromatic heterocycles. The SMILES string of the molecule is Oc1ccc(Br)cc1/C=N/N=C(/CSc1ccc2ccccc2n1)c1ccccc1. The zero-order chi connectivity index (χ0) is 20.8. The minimum Gasteiger partial charge on any atom is -0.507 e. The fourth-order valence-corrected chi connectivity index (χ4v) is 4.07. The van der Waals surface area contributed by atoms with Gasteiger partial charge >= 0.3 is 0 Å². The number of nitrogens with zero attached hydrogens (tertiary/aromatic N) is 3. The Morgan fingerprint density at radius 1 is 0.967 bits per heavy atom. The number of para-hydroxylation sites is 1. The molecule has 1 N–H and O–H groups in total. The Kier molecular flexibility index (Phi) is 6.57. The molecule has 3 aromatic carbocycles. The van der Waals surface area contributed by atoms with Gasteiger partial charge in [-0.25, -0.2) is 4.98 Å². The van der Waals surface area contributed by atoms with Gasteiger partial charge < -0.3 is 5.11 Å². The highest BCUT2D eigenvalue weighted by Crippen LogP contribution is 2.22. The Bertz CT molecular complexity index is 1230. The van der Waals surface area contributed by atoms with Crippen molar-refractivity contribution < 1.29 is 5.11 Å². The van der Waals surface area contributed by atoms with Crippen LogP contribution in [-0.2, 0) is 0 Å². The van der Waals surface area contributed by atoms with Crippen molar-refractivity contribution >= 4 is 50.5 Å². The standard InChI is InChI=1S/C24H18BrN3OS/c25-20-11-12-23(29)19(14-20)15-26-28-22(17-6-2-1-3-7-17)16-30-24-13-10-18-8-4-5-9-21(18)27-24/h1-15,29H,16H2/b26-15+,28-22-. The summed E-state index contributed by atoms with van der Waals surface area (Å²) in [5.41, 5.74) is 3.41. The predicted octanol–water partition coefficient (Wildman–Crippen LogP) is 6.32. The molecular formula is C24H18BrN3OS. The number of aromatic hydroxyl groups is 1. The third kappa shape index (κ3) is 5.14. The molecule has 148 valence electrons. The number of rotatable bonds is 6. The molecule has 1 heterocycles. The molecule has 0 radical (unpaired) electrons. The molecule has 0 bridgehead atoms. The molecule has 0 amide bonds. The van der Waals surface area contributed by atoms with Gasteiger partial charge in [0, 0.05) is 21.2 Å². The summed E-state index contributed by atoms with van der Waals surface area (Å²) in [4.78, 5) is 4.72. The van der Waals surface area contributed by atoms with E-state index in [1.165, 1.54) is 0 Å². The van der Waals surface area contributed by atoms with Crippen molar-refractivity contribution in [3.05, 3.63) is 101 Å². The zero-order valence-electron chi connectivity index (χ0n) is 15.9. The number of phenolic OH excluding ortho intramolecular Hbond substituents is 1. The Balaban J connectivity index is 1.57. The lowest BCUT2D eigenvalue weighted by molar-refractivity contribution is 0.474. The maximum Gasteiger partial charge on any atom is 0.124 e. The van der Waals surface area contributed by atoms with Crippen LogP contribution >= 0.6 is 27.7 Å². The van der Waals surface area contributed by atoms with E-state index in [1.54, 1.807) is 36.2 Å². The van der Waals surface area contributed by atoms with Crippen LogP contribution in [-0.4, -0.2) is 27.8 Å². The van der Waals surface area contributed by atoms with Gasteiger partial charge in [-0.3, -0.25) is 0 Å². The second kappa shape index (κ2) is 9.69. The van der Waals surface area contributed by atoms with Crippen LogP contribution in [0.5, 0.6) is 5.75 Å². The van der Waals surface area contributed by atoms with E-state index in [0.29, 0.717) is 11.3 Å². The summed E-state index contributed by atoms with van der Waals surface area (Å²) < 4.78 is 0.868. The molecule has 0 unspecified atom stereocenters. The second-order valence-electron chi connectivity index (χ2n) is 6.49. The van der Waals surface area contributed by atoms with Gasteiger partial charge in [-0.15, -0.1) is 0 Å². The molecule has 0 aliphatic carbocycles. The molecule has 0 aliphatic rings. The van der Waals surface area contributed by atoms with Gasteiger partial charge in [-0.2, -0.15) is 10.2 Å². The van der Waals surface area contributed by atoms with Gasteiger partial charge in [0.2, 0.25) is 0 Å². The predicted molar refractivity (Wildman–Crippen MR) is 129 cm³/mol. The van der Waals surface area contributed by atoms with Crippen molar-refractivity contribution in [3.63, 3.8) is 0 Å². The average molecular weight is 476 g/mol. The molecule has 4 rings (SSSR count). The summed E-state index contributed by atoms with van der Waals surface area (Å²) >= 11 is 5.02. The summed E-state index contributed by atoms with van der Waals surface area (Å²) in [7, 11) is 0. The first-order valence-electron chi connectivity index (χ1n) is 9.31. The first kappa shape index (κ1) is 20.3. The largest absolute Gasteiger partial charge is 0.507 e. The topological polar surface area (TPSA) is 57.8 Å². The van der Waals surface area contributed by atoms with Gasteiger partial charge in [0.1, 0.15) is 5.75 Å². The van der Waals surface area contributed by atoms with Crippen molar-refractivity contribution in [2.45, 2.75) is 5.03 Å². The minimum atomic E-state index is 0.160. The smallest absolute Gasteiger partial charge is 0.124 e. The highest BCUT2D eigenvalue weighted by Gasteiger charge is 2.07. The van der Waals surface area contributed by atoms with Crippen molar-refractivity contribution in [1.82, 2.24) is 4.98 Å². The molecule has 0 saturated heterocycles.